The molecule has 2 unspecified atom stereocenters. The van der Waals surface area contributed by atoms with Gasteiger partial charge in [0.15, 0.2) is 0 Å². The molecule has 2 aliphatic heterocycles. The quantitative estimate of drug-likeness (QED) is 0.897. The van der Waals surface area contributed by atoms with Crippen molar-refractivity contribution in [2.75, 3.05) is 24.5 Å². The topological polar surface area (TPSA) is 48.5 Å². The van der Waals surface area contributed by atoms with Crippen molar-refractivity contribution >= 4 is 11.8 Å². The number of urea groups is 1. The fourth-order valence-electron chi connectivity index (χ4n) is 4.92. The summed E-state index contributed by atoms with van der Waals surface area (Å²) in [5, 5.41) is 3.32. The highest BCUT2D eigenvalue weighted by molar-refractivity contribution is 5.75. The molecule has 136 valence electrons. The van der Waals surface area contributed by atoms with E-state index in [0.29, 0.717) is 12.1 Å². The third-order valence-electron chi connectivity index (χ3n) is 6.27. The van der Waals surface area contributed by atoms with Crippen LogP contribution < -0.4 is 10.2 Å². The predicted octanol–water partition coefficient (Wildman–Crippen LogP) is 3.33. The smallest absolute Gasteiger partial charge is 0.317 e. The van der Waals surface area contributed by atoms with Crippen LogP contribution in [0.15, 0.2) is 18.2 Å². The molecule has 5 heteroatoms. The third kappa shape index (κ3) is 3.60. The first-order valence-electron chi connectivity index (χ1n) is 9.96. The molecule has 3 fully saturated rings. The number of aromatic nitrogens is 1. The van der Waals surface area contributed by atoms with Gasteiger partial charge in [-0.3, -0.25) is 0 Å². The van der Waals surface area contributed by atoms with E-state index >= 15 is 0 Å². The zero-order chi connectivity index (χ0) is 17.2. The Labute approximate surface area is 150 Å². The van der Waals surface area contributed by atoms with Crippen LogP contribution in [0.25, 0.3) is 0 Å². The van der Waals surface area contributed by atoms with Crippen molar-refractivity contribution < 1.29 is 4.79 Å². The van der Waals surface area contributed by atoms with E-state index in [9.17, 15) is 4.79 Å². The number of pyridine rings is 1. The van der Waals surface area contributed by atoms with Crippen molar-refractivity contribution in [3.63, 3.8) is 0 Å². The van der Waals surface area contributed by atoms with Gasteiger partial charge in [0, 0.05) is 37.4 Å². The monoisotopic (exact) mass is 342 g/mol. The fraction of sp³-hybridized carbons (Fsp3) is 0.700. The van der Waals surface area contributed by atoms with Crippen LogP contribution >= 0.6 is 0 Å². The van der Waals surface area contributed by atoms with Gasteiger partial charge in [0.25, 0.3) is 0 Å². The number of hydrogen-bond donors (Lipinski definition) is 1. The summed E-state index contributed by atoms with van der Waals surface area (Å²) in [7, 11) is 0. The fourth-order valence-corrected chi connectivity index (χ4v) is 4.92. The molecule has 3 heterocycles. The maximum absolute atomic E-state index is 12.8. The molecule has 2 saturated heterocycles. The van der Waals surface area contributed by atoms with Crippen molar-refractivity contribution in [2.45, 2.75) is 64.0 Å². The molecule has 0 radical (unpaired) electrons. The molecule has 1 aromatic heterocycles. The lowest BCUT2D eigenvalue weighted by Crippen LogP contribution is -2.54. The lowest BCUT2D eigenvalue weighted by Gasteiger charge is -2.39. The maximum Gasteiger partial charge on any atom is 0.317 e. The molecule has 1 N–H and O–H groups in total. The number of amides is 2. The Bertz CT molecular complexity index is 611. The number of nitrogens with zero attached hydrogens (tertiary/aromatic N) is 3. The molecule has 4 rings (SSSR count). The second-order valence-corrected chi connectivity index (χ2v) is 7.94. The number of carbonyl (C=O) groups excluding carboxylic acids is 1. The summed E-state index contributed by atoms with van der Waals surface area (Å²) < 4.78 is 0. The second-order valence-electron chi connectivity index (χ2n) is 7.94. The average Bonchev–Trinajstić information content (AvgIpc) is 3.11. The van der Waals surface area contributed by atoms with E-state index < -0.39 is 0 Å². The van der Waals surface area contributed by atoms with Gasteiger partial charge in [-0.25, -0.2) is 9.78 Å². The zero-order valence-electron chi connectivity index (χ0n) is 15.3. The van der Waals surface area contributed by atoms with Gasteiger partial charge < -0.3 is 15.1 Å². The summed E-state index contributed by atoms with van der Waals surface area (Å²) in [6.07, 6.45) is 8.31. The number of anilines is 1. The van der Waals surface area contributed by atoms with Gasteiger partial charge in [-0.2, -0.15) is 0 Å². The largest absolute Gasteiger partial charge is 0.356 e. The number of carbonyl (C=O) groups is 1. The molecule has 0 spiro atoms. The van der Waals surface area contributed by atoms with Crippen LogP contribution in [0.3, 0.4) is 0 Å². The van der Waals surface area contributed by atoms with Gasteiger partial charge in [-0.15, -0.1) is 0 Å². The van der Waals surface area contributed by atoms with E-state index in [1.807, 2.05) is 13.0 Å². The van der Waals surface area contributed by atoms with Crippen LogP contribution in [0.4, 0.5) is 10.6 Å². The molecular weight excluding hydrogens is 312 g/mol. The highest BCUT2D eigenvalue weighted by Gasteiger charge is 2.37. The van der Waals surface area contributed by atoms with Gasteiger partial charge in [-0.05, 0) is 63.5 Å². The molecule has 0 aromatic carbocycles. The number of fused-ring (bicyclic) bond motifs is 1. The molecule has 1 saturated carbocycles. The molecule has 5 nitrogen and oxygen atoms in total. The Kier molecular flexibility index (Phi) is 4.82. The Morgan fingerprint density at radius 2 is 1.88 bits per heavy atom. The SMILES string of the molecule is Cc1cccc(N2CCC(NC(=O)N3CCCC4CCCC43)CC2)n1. The average molecular weight is 342 g/mol. The molecule has 25 heavy (non-hydrogen) atoms. The van der Waals surface area contributed by atoms with E-state index in [1.54, 1.807) is 0 Å². The maximum atomic E-state index is 12.8. The summed E-state index contributed by atoms with van der Waals surface area (Å²) in [6, 6.07) is 7.18. The Morgan fingerprint density at radius 3 is 2.68 bits per heavy atom. The van der Waals surface area contributed by atoms with Crippen molar-refractivity contribution in [1.29, 1.82) is 0 Å². The van der Waals surface area contributed by atoms with E-state index in [-0.39, 0.29) is 6.03 Å². The molecule has 0 bridgehead atoms. The minimum absolute atomic E-state index is 0.184. The molecule has 2 amide bonds. The summed E-state index contributed by atoms with van der Waals surface area (Å²) >= 11 is 0. The van der Waals surface area contributed by atoms with Crippen LogP contribution in [-0.4, -0.2) is 47.6 Å². The molecule has 3 aliphatic rings. The Morgan fingerprint density at radius 1 is 1.08 bits per heavy atom. The summed E-state index contributed by atoms with van der Waals surface area (Å²) in [5.41, 5.74) is 1.06. The standard InChI is InChI=1S/C20H30N4O/c1-15-5-2-9-19(21-15)23-13-10-17(11-14-23)22-20(25)24-12-4-7-16-6-3-8-18(16)24/h2,5,9,16-18H,3-4,6-8,10-14H2,1H3,(H,22,25). The van der Waals surface area contributed by atoms with Gasteiger partial charge in [0.2, 0.25) is 0 Å². The number of nitrogens with one attached hydrogen (secondary N) is 1. The summed E-state index contributed by atoms with van der Waals surface area (Å²) in [6.45, 7) is 4.91. The van der Waals surface area contributed by atoms with Crippen molar-refractivity contribution in [3.8, 4) is 0 Å². The molecule has 1 aromatic rings. The van der Waals surface area contributed by atoms with Crippen LogP contribution in [0.5, 0.6) is 0 Å². The third-order valence-corrected chi connectivity index (χ3v) is 6.27. The Hall–Kier alpha value is -1.78. The van der Waals surface area contributed by atoms with E-state index in [4.69, 9.17) is 0 Å². The normalized spacial score (nSPS) is 27.2. The highest BCUT2D eigenvalue weighted by Crippen LogP contribution is 2.36. The van der Waals surface area contributed by atoms with E-state index in [0.717, 1.165) is 49.9 Å². The van der Waals surface area contributed by atoms with Crippen molar-refractivity contribution in [2.24, 2.45) is 5.92 Å². The number of likely N-dealkylation sites (tertiary alicyclic amines) is 1. The zero-order valence-corrected chi connectivity index (χ0v) is 15.3. The number of piperidine rings is 2. The molecule has 2 atom stereocenters. The van der Waals surface area contributed by atoms with Gasteiger partial charge >= 0.3 is 6.03 Å². The first kappa shape index (κ1) is 16.7. The highest BCUT2D eigenvalue weighted by atomic mass is 16.2. The van der Waals surface area contributed by atoms with Gasteiger partial charge in [0.1, 0.15) is 5.82 Å². The van der Waals surface area contributed by atoms with E-state index in [2.05, 4.69) is 32.2 Å². The van der Waals surface area contributed by atoms with Crippen LogP contribution in [0.1, 0.15) is 50.6 Å². The molecule has 1 aliphatic carbocycles. The number of aryl methyl sites for hydroxylation is 1. The first-order chi connectivity index (χ1) is 12.2. The molecular formula is C20H30N4O. The van der Waals surface area contributed by atoms with Gasteiger partial charge in [0.05, 0.1) is 0 Å². The number of rotatable bonds is 2. The Balaban J connectivity index is 1.30. The van der Waals surface area contributed by atoms with Crippen molar-refractivity contribution in [3.05, 3.63) is 23.9 Å². The van der Waals surface area contributed by atoms with Crippen LogP contribution in [-0.2, 0) is 0 Å². The van der Waals surface area contributed by atoms with Crippen LogP contribution in [0.2, 0.25) is 0 Å². The lowest BCUT2D eigenvalue weighted by atomic mass is 9.92. The minimum Gasteiger partial charge on any atom is -0.356 e. The van der Waals surface area contributed by atoms with Crippen molar-refractivity contribution in [1.82, 2.24) is 15.2 Å². The van der Waals surface area contributed by atoms with Crippen LogP contribution in [0, 0.1) is 12.8 Å². The summed E-state index contributed by atoms with van der Waals surface area (Å²) in [5.74, 6) is 1.82. The minimum atomic E-state index is 0.184. The first-order valence-corrected chi connectivity index (χ1v) is 9.96. The van der Waals surface area contributed by atoms with Gasteiger partial charge in [-0.1, -0.05) is 12.5 Å². The number of hydrogen-bond acceptors (Lipinski definition) is 3. The van der Waals surface area contributed by atoms with E-state index in [1.165, 1.54) is 32.1 Å². The second kappa shape index (κ2) is 7.22. The lowest BCUT2D eigenvalue weighted by molar-refractivity contribution is 0.125. The predicted molar refractivity (Wildman–Crippen MR) is 99.8 cm³/mol. The summed E-state index contributed by atoms with van der Waals surface area (Å²) in [4.78, 5) is 21.9.